The van der Waals surface area contributed by atoms with Gasteiger partial charge in [0.15, 0.2) is 0 Å². The van der Waals surface area contributed by atoms with Crippen molar-refractivity contribution in [2.75, 3.05) is 26.2 Å². The Labute approximate surface area is 149 Å². The highest BCUT2D eigenvalue weighted by atomic mass is 16.2. The van der Waals surface area contributed by atoms with Crippen LogP contribution in [-0.4, -0.2) is 53.8 Å². The van der Waals surface area contributed by atoms with E-state index in [4.69, 9.17) is 0 Å². The lowest BCUT2D eigenvalue weighted by molar-refractivity contribution is -0.122. The zero-order valence-corrected chi connectivity index (χ0v) is 14.7. The van der Waals surface area contributed by atoms with E-state index in [0.717, 1.165) is 17.7 Å². The van der Waals surface area contributed by atoms with Crippen molar-refractivity contribution < 1.29 is 9.59 Å². The summed E-state index contributed by atoms with van der Waals surface area (Å²) in [5.74, 6) is 0.500. The van der Waals surface area contributed by atoms with Crippen molar-refractivity contribution in [3.8, 4) is 0 Å². The second kappa shape index (κ2) is 7.16. The van der Waals surface area contributed by atoms with Gasteiger partial charge in [-0.15, -0.1) is 0 Å². The van der Waals surface area contributed by atoms with Gasteiger partial charge in [0.1, 0.15) is 6.54 Å². The monoisotopic (exact) mass is 341 g/mol. The number of piperidine rings is 2. The van der Waals surface area contributed by atoms with Crippen LogP contribution >= 0.6 is 0 Å². The fourth-order valence-electron chi connectivity index (χ4n) is 4.73. The maximum Gasteiger partial charge on any atom is 0.254 e. The predicted octanol–water partition coefficient (Wildman–Crippen LogP) is 2.02. The zero-order valence-electron chi connectivity index (χ0n) is 14.7. The molecule has 2 amide bonds. The highest BCUT2D eigenvalue weighted by Crippen LogP contribution is 2.30. The second-order valence-electron chi connectivity index (χ2n) is 7.62. The number of carbonyl (C=O) groups excluding carboxylic acids is 2. The Bertz CT molecular complexity index is 658. The molecule has 5 heteroatoms. The van der Waals surface area contributed by atoms with Crippen LogP contribution < -0.4 is 5.32 Å². The summed E-state index contributed by atoms with van der Waals surface area (Å²) in [5, 5.41) is 3.10. The Balaban J connectivity index is 1.29. The Morgan fingerprint density at radius 1 is 1.12 bits per heavy atom. The molecule has 0 radical (unpaired) electrons. The lowest BCUT2D eigenvalue weighted by Crippen LogP contribution is -2.51. The lowest BCUT2D eigenvalue weighted by Gasteiger charge is -2.44. The normalized spacial score (nSPS) is 26.2. The summed E-state index contributed by atoms with van der Waals surface area (Å²) in [4.78, 5) is 29.0. The molecule has 0 bridgehead atoms. The van der Waals surface area contributed by atoms with E-state index in [2.05, 4.69) is 10.2 Å². The molecule has 0 spiro atoms. The lowest BCUT2D eigenvalue weighted by atomic mass is 9.83. The quantitative estimate of drug-likeness (QED) is 0.912. The summed E-state index contributed by atoms with van der Waals surface area (Å²) in [6, 6.07) is 8.26. The van der Waals surface area contributed by atoms with E-state index in [9.17, 15) is 9.59 Å². The summed E-state index contributed by atoms with van der Waals surface area (Å²) >= 11 is 0. The third-order valence-corrected chi connectivity index (χ3v) is 6.02. The van der Waals surface area contributed by atoms with Crippen LogP contribution in [0.15, 0.2) is 24.3 Å². The van der Waals surface area contributed by atoms with Gasteiger partial charge in [0.05, 0.1) is 0 Å². The molecule has 5 nitrogen and oxygen atoms in total. The summed E-state index contributed by atoms with van der Waals surface area (Å²) < 4.78 is 0. The molecule has 3 aliphatic heterocycles. The Hall–Kier alpha value is -1.88. The summed E-state index contributed by atoms with van der Waals surface area (Å²) in [7, 11) is 0. The number of rotatable bonds is 4. The third kappa shape index (κ3) is 3.43. The maximum atomic E-state index is 12.4. The van der Waals surface area contributed by atoms with Crippen LogP contribution in [0.4, 0.5) is 0 Å². The minimum atomic E-state index is -0.0333. The molecule has 3 heterocycles. The molecule has 3 aliphatic rings. The van der Waals surface area contributed by atoms with Gasteiger partial charge in [0.25, 0.3) is 5.91 Å². The second-order valence-corrected chi connectivity index (χ2v) is 7.62. The molecule has 1 aromatic rings. The molecule has 0 unspecified atom stereocenters. The van der Waals surface area contributed by atoms with Crippen molar-refractivity contribution in [3.05, 3.63) is 35.4 Å². The number of benzene rings is 1. The van der Waals surface area contributed by atoms with Crippen LogP contribution in [0.2, 0.25) is 0 Å². The van der Waals surface area contributed by atoms with Gasteiger partial charge in [-0.05, 0) is 56.3 Å². The molecule has 25 heavy (non-hydrogen) atoms. The number of amides is 2. The summed E-state index contributed by atoms with van der Waals surface area (Å²) in [6.45, 7) is 3.89. The first kappa shape index (κ1) is 16.6. The fraction of sp³-hybridized carbons (Fsp3) is 0.600. The van der Waals surface area contributed by atoms with Crippen molar-refractivity contribution in [3.63, 3.8) is 0 Å². The minimum absolute atomic E-state index is 0.0260. The van der Waals surface area contributed by atoms with Crippen molar-refractivity contribution in [1.29, 1.82) is 0 Å². The molecule has 134 valence electrons. The van der Waals surface area contributed by atoms with Gasteiger partial charge in [-0.3, -0.25) is 9.59 Å². The number of carbonyl (C=O) groups is 2. The average molecular weight is 341 g/mol. The van der Waals surface area contributed by atoms with Crippen LogP contribution in [0.3, 0.4) is 0 Å². The van der Waals surface area contributed by atoms with Crippen LogP contribution in [0.1, 0.15) is 48.0 Å². The first-order valence-electron chi connectivity index (χ1n) is 9.60. The highest BCUT2D eigenvalue weighted by molar-refractivity contribution is 6.00. The topological polar surface area (TPSA) is 52.7 Å². The number of hydrogen-bond acceptors (Lipinski definition) is 3. The number of nitrogens with one attached hydrogen (secondary N) is 1. The average Bonchev–Trinajstić information content (AvgIpc) is 2.96. The van der Waals surface area contributed by atoms with E-state index in [0.29, 0.717) is 18.5 Å². The van der Waals surface area contributed by atoms with Crippen LogP contribution in [-0.2, 0) is 11.3 Å². The molecule has 1 N–H and O–H groups in total. The Morgan fingerprint density at radius 3 is 2.84 bits per heavy atom. The molecule has 1 aromatic carbocycles. The molecule has 0 aliphatic carbocycles. The molecule has 0 saturated carbocycles. The number of hydrogen-bond donors (Lipinski definition) is 1. The molecular weight excluding hydrogens is 314 g/mol. The largest absolute Gasteiger partial charge is 0.354 e. The van der Waals surface area contributed by atoms with Crippen LogP contribution in [0.25, 0.3) is 0 Å². The van der Waals surface area contributed by atoms with Crippen molar-refractivity contribution in [2.24, 2.45) is 5.92 Å². The molecule has 0 aromatic heterocycles. The van der Waals surface area contributed by atoms with Crippen LogP contribution in [0, 0.1) is 5.92 Å². The van der Waals surface area contributed by atoms with Gasteiger partial charge in [0.2, 0.25) is 5.91 Å². The summed E-state index contributed by atoms with van der Waals surface area (Å²) in [6.07, 6.45) is 6.33. The fourth-order valence-corrected chi connectivity index (χ4v) is 4.73. The molecule has 2 saturated heterocycles. The van der Waals surface area contributed by atoms with Gasteiger partial charge in [-0.1, -0.05) is 24.6 Å². The SMILES string of the molecule is O=C(CN1Cc2ccccc2C1=O)NC[C@H]1CCCN2CCCC[C@@H]12. The van der Waals surface area contributed by atoms with Crippen molar-refractivity contribution in [2.45, 2.75) is 44.7 Å². The van der Waals surface area contributed by atoms with Gasteiger partial charge in [-0.25, -0.2) is 0 Å². The maximum absolute atomic E-state index is 12.4. The molecule has 2 atom stereocenters. The van der Waals surface area contributed by atoms with E-state index >= 15 is 0 Å². The number of fused-ring (bicyclic) bond motifs is 2. The first-order valence-corrected chi connectivity index (χ1v) is 9.60. The van der Waals surface area contributed by atoms with Crippen LogP contribution in [0.5, 0.6) is 0 Å². The van der Waals surface area contributed by atoms with E-state index < -0.39 is 0 Å². The smallest absolute Gasteiger partial charge is 0.254 e. The Morgan fingerprint density at radius 2 is 1.96 bits per heavy atom. The molecule has 2 fully saturated rings. The zero-order chi connectivity index (χ0) is 17.2. The highest BCUT2D eigenvalue weighted by Gasteiger charge is 2.33. The van der Waals surface area contributed by atoms with Gasteiger partial charge in [0, 0.05) is 24.7 Å². The van der Waals surface area contributed by atoms with Gasteiger partial charge < -0.3 is 15.1 Å². The summed E-state index contributed by atoms with van der Waals surface area (Å²) in [5.41, 5.74) is 1.76. The van der Waals surface area contributed by atoms with Crippen molar-refractivity contribution in [1.82, 2.24) is 15.1 Å². The minimum Gasteiger partial charge on any atom is -0.354 e. The third-order valence-electron chi connectivity index (χ3n) is 6.02. The molecular formula is C20H27N3O2. The van der Waals surface area contributed by atoms with E-state index in [1.165, 1.54) is 45.2 Å². The van der Waals surface area contributed by atoms with E-state index in [-0.39, 0.29) is 18.4 Å². The van der Waals surface area contributed by atoms with E-state index in [1.807, 2.05) is 24.3 Å². The van der Waals surface area contributed by atoms with E-state index in [1.54, 1.807) is 4.90 Å². The van der Waals surface area contributed by atoms with Crippen molar-refractivity contribution >= 4 is 11.8 Å². The standard InChI is InChI=1S/C20H27N3O2/c24-19(14-23-13-16-6-1-2-8-17(16)20(23)25)21-12-15-7-5-11-22-10-4-3-9-18(15)22/h1-2,6,8,15,18H,3-5,7,9-14H2,(H,21,24)/t15-,18+/m1/s1. The Kier molecular flexibility index (Phi) is 4.75. The molecule has 4 rings (SSSR count). The number of nitrogens with zero attached hydrogens (tertiary/aromatic N) is 2. The van der Waals surface area contributed by atoms with Gasteiger partial charge >= 0.3 is 0 Å². The van der Waals surface area contributed by atoms with Gasteiger partial charge in [-0.2, -0.15) is 0 Å². The first-order chi connectivity index (χ1) is 12.2. The predicted molar refractivity (Wildman–Crippen MR) is 96.1 cm³/mol.